The molecular weight excluding hydrogens is 242 g/mol. The van der Waals surface area contributed by atoms with Crippen molar-refractivity contribution >= 4 is 0 Å². The summed E-state index contributed by atoms with van der Waals surface area (Å²) in [7, 11) is 0. The van der Waals surface area contributed by atoms with E-state index >= 15 is 0 Å². The number of furan rings is 1. The molecule has 0 fully saturated rings. The van der Waals surface area contributed by atoms with Crippen LogP contribution in [-0.2, 0) is 17.8 Å². The van der Waals surface area contributed by atoms with Gasteiger partial charge in [0.05, 0.1) is 12.9 Å². The minimum absolute atomic E-state index is 0.478. The van der Waals surface area contributed by atoms with E-state index in [-0.39, 0.29) is 0 Å². The molecule has 4 nitrogen and oxygen atoms in total. The zero-order valence-corrected chi connectivity index (χ0v) is 10.9. The van der Waals surface area contributed by atoms with Gasteiger partial charge in [-0.25, -0.2) is 0 Å². The molecule has 0 bridgehead atoms. The van der Waals surface area contributed by atoms with E-state index in [9.17, 15) is 0 Å². The van der Waals surface area contributed by atoms with Gasteiger partial charge in [0.15, 0.2) is 0 Å². The average Bonchev–Trinajstić information content (AvgIpc) is 2.94. The molecule has 4 heteroatoms. The molecule has 0 radical (unpaired) electrons. The summed E-state index contributed by atoms with van der Waals surface area (Å²) in [4.78, 5) is 0. The molecule has 1 aromatic carbocycles. The summed E-state index contributed by atoms with van der Waals surface area (Å²) in [6.45, 7) is 2.20. The summed E-state index contributed by atoms with van der Waals surface area (Å²) in [6, 6.07) is 11.7. The highest BCUT2D eigenvalue weighted by atomic mass is 16.5. The van der Waals surface area contributed by atoms with Gasteiger partial charge in [0.1, 0.15) is 24.7 Å². The van der Waals surface area contributed by atoms with Crippen LogP contribution in [0.25, 0.3) is 0 Å². The van der Waals surface area contributed by atoms with Crippen LogP contribution < -0.4 is 10.5 Å². The van der Waals surface area contributed by atoms with Crippen molar-refractivity contribution in [2.75, 3.05) is 19.8 Å². The van der Waals surface area contributed by atoms with Gasteiger partial charge in [-0.1, -0.05) is 12.1 Å². The van der Waals surface area contributed by atoms with Crippen LogP contribution in [0.1, 0.15) is 11.3 Å². The van der Waals surface area contributed by atoms with E-state index in [4.69, 9.17) is 19.6 Å². The van der Waals surface area contributed by atoms with Gasteiger partial charge in [-0.15, -0.1) is 0 Å². The van der Waals surface area contributed by atoms with E-state index in [1.54, 1.807) is 6.26 Å². The quantitative estimate of drug-likeness (QED) is 0.741. The molecule has 2 N–H and O–H groups in total. The van der Waals surface area contributed by atoms with Crippen molar-refractivity contribution in [1.29, 1.82) is 0 Å². The molecule has 0 amide bonds. The molecule has 19 heavy (non-hydrogen) atoms. The first-order valence-corrected chi connectivity index (χ1v) is 6.40. The third-order valence-electron chi connectivity index (χ3n) is 2.68. The van der Waals surface area contributed by atoms with E-state index in [1.165, 1.54) is 5.56 Å². The molecule has 0 aliphatic carbocycles. The van der Waals surface area contributed by atoms with Crippen LogP contribution in [0.4, 0.5) is 0 Å². The normalized spacial score (nSPS) is 10.6. The zero-order valence-electron chi connectivity index (χ0n) is 10.9. The Morgan fingerprint density at radius 1 is 1.05 bits per heavy atom. The van der Waals surface area contributed by atoms with Gasteiger partial charge in [0.25, 0.3) is 0 Å². The summed E-state index contributed by atoms with van der Waals surface area (Å²) < 4.78 is 16.2. The SMILES string of the molecule is NCCc1ccc(OCCOCc2ccco2)cc1. The maximum absolute atomic E-state index is 5.57. The van der Waals surface area contributed by atoms with E-state index in [2.05, 4.69) is 0 Å². The first kappa shape index (κ1) is 13.6. The number of benzene rings is 1. The minimum atomic E-state index is 0.478. The van der Waals surface area contributed by atoms with Crippen LogP contribution in [0.2, 0.25) is 0 Å². The summed E-state index contributed by atoms with van der Waals surface area (Å²) in [5, 5.41) is 0. The number of nitrogens with two attached hydrogens (primary N) is 1. The molecular formula is C15H19NO3. The second-order valence-corrected chi connectivity index (χ2v) is 4.16. The molecule has 0 aliphatic rings. The highest BCUT2D eigenvalue weighted by Gasteiger charge is 1.97. The van der Waals surface area contributed by atoms with Crippen molar-refractivity contribution in [1.82, 2.24) is 0 Å². The van der Waals surface area contributed by atoms with Crippen molar-refractivity contribution in [2.45, 2.75) is 13.0 Å². The molecule has 0 aliphatic heterocycles. The average molecular weight is 261 g/mol. The minimum Gasteiger partial charge on any atom is -0.491 e. The van der Waals surface area contributed by atoms with E-state index in [1.807, 2.05) is 36.4 Å². The standard InChI is InChI=1S/C15H19NO3/c16-8-7-13-3-5-14(6-4-13)19-11-10-17-12-15-2-1-9-18-15/h1-6,9H,7-8,10-12,16H2. The predicted octanol–water partition coefficient (Wildman–Crippen LogP) is 2.38. The summed E-state index contributed by atoms with van der Waals surface area (Å²) >= 11 is 0. The molecule has 1 aromatic heterocycles. The molecule has 0 spiro atoms. The van der Waals surface area contributed by atoms with Crippen LogP contribution >= 0.6 is 0 Å². The summed E-state index contributed by atoms with van der Waals surface area (Å²) in [6.07, 6.45) is 2.53. The van der Waals surface area contributed by atoms with Crippen molar-refractivity contribution in [3.8, 4) is 5.75 Å². The Kier molecular flexibility index (Phi) is 5.47. The second kappa shape index (κ2) is 7.61. The lowest BCUT2D eigenvalue weighted by atomic mass is 10.1. The molecule has 2 rings (SSSR count). The first-order valence-electron chi connectivity index (χ1n) is 6.40. The Hall–Kier alpha value is -1.78. The molecule has 0 saturated heterocycles. The van der Waals surface area contributed by atoms with Gasteiger partial charge in [-0.3, -0.25) is 0 Å². The molecule has 0 unspecified atom stereocenters. The maximum Gasteiger partial charge on any atom is 0.129 e. The van der Waals surface area contributed by atoms with E-state index in [0.717, 1.165) is 17.9 Å². The highest BCUT2D eigenvalue weighted by Crippen LogP contribution is 2.12. The van der Waals surface area contributed by atoms with Crippen molar-refractivity contribution in [2.24, 2.45) is 5.73 Å². The second-order valence-electron chi connectivity index (χ2n) is 4.16. The van der Waals surface area contributed by atoms with Crippen LogP contribution in [0.5, 0.6) is 5.75 Å². The Balaban J connectivity index is 1.62. The van der Waals surface area contributed by atoms with Gasteiger partial charge in [0, 0.05) is 0 Å². The van der Waals surface area contributed by atoms with Gasteiger partial charge in [0.2, 0.25) is 0 Å². The fourth-order valence-electron chi connectivity index (χ4n) is 1.70. The largest absolute Gasteiger partial charge is 0.491 e. The van der Waals surface area contributed by atoms with Crippen LogP contribution in [0.3, 0.4) is 0 Å². The van der Waals surface area contributed by atoms with Gasteiger partial charge < -0.3 is 19.6 Å². The summed E-state index contributed by atoms with van der Waals surface area (Å²) in [5.74, 6) is 1.67. The van der Waals surface area contributed by atoms with Crippen molar-refractivity contribution in [3.63, 3.8) is 0 Å². The Labute approximate surface area is 113 Å². The van der Waals surface area contributed by atoms with E-state index in [0.29, 0.717) is 26.4 Å². The maximum atomic E-state index is 5.57. The fraction of sp³-hybridized carbons (Fsp3) is 0.333. The number of ether oxygens (including phenoxy) is 2. The Bertz CT molecular complexity index is 451. The van der Waals surface area contributed by atoms with Gasteiger partial charge in [-0.2, -0.15) is 0 Å². The first-order chi connectivity index (χ1) is 9.38. The molecule has 1 heterocycles. The highest BCUT2D eigenvalue weighted by molar-refractivity contribution is 5.27. The topological polar surface area (TPSA) is 57.6 Å². The van der Waals surface area contributed by atoms with E-state index < -0.39 is 0 Å². The molecule has 2 aromatic rings. The van der Waals surface area contributed by atoms with Crippen LogP contribution in [-0.4, -0.2) is 19.8 Å². The number of hydrogen-bond donors (Lipinski definition) is 1. The Morgan fingerprint density at radius 2 is 1.89 bits per heavy atom. The Morgan fingerprint density at radius 3 is 2.58 bits per heavy atom. The fourth-order valence-corrected chi connectivity index (χ4v) is 1.70. The monoisotopic (exact) mass is 261 g/mol. The predicted molar refractivity (Wildman–Crippen MR) is 73.1 cm³/mol. The van der Waals surface area contributed by atoms with Gasteiger partial charge in [-0.05, 0) is 42.8 Å². The number of hydrogen-bond acceptors (Lipinski definition) is 4. The molecule has 102 valence electrons. The van der Waals surface area contributed by atoms with Gasteiger partial charge >= 0.3 is 0 Å². The summed E-state index contributed by atoms with van der Waals surface area (Å²) in [5.41, 5.74) is 6.72. The lowest BCUT2D eigenvalue weighted by Gasteiger charge is -2.07. The third-order valence-corrected chi connectivity index (χ3v) is 2.68. The van der Waals surface area contributed by atoms with Crippen molar-refractivity contribution in [3.05, 3.63) is 54.0 Å². The van der Waals surface area contributed by atoms with Crippen LogP contribution in [0, 0.1) is 0 Å². The number of rotatable bonds is 8. The lowest BCUT2D eigenvalue weighted by molar-refractivity contribution is 0.0781. The van der Waals surface area contributed by atoms with Crippen molar-refractivity contribution < 1.29 is 13.9 Å². The smallest absolute Gasteiger partial charge is 0.129 e. The third kappa shape index (κ3) is 4.77. The zero-order chi connectivity index (χ0) is 13.3. The molecule has 0 saturated carbocycles. The molecule has 0 atom stereocenters. The van der Waals surface area contributed by atoms with Crippen LogP contribution in [0.15, 0.2) is 47.1 Å². The lowest BCUT2D eigenvalue weighted by Crippen LogP contribution is -2.06.